The Morgan fingerprint density at radius 2 is 2.08 bits per heavy atom. The molecule has 2 unspecified atom stereocenters. The number of hydrogen-bond acceptors (Lipinski definition) is 3. The average Bonchev–Trinajstić information content (AvgIpc) is 2.49. The van der Waals surface area contributed by atoms with Gasteiger partial charge >= 0.3 is 0 Å². The molecule has 0 saturated carbocycles. The van der Waals surface area contributed by atoms with Gasteiger partial charge in [-0.3, -0.25) is 4.90 Å². The molecular formula is C10H21NO2. The number of ether oxygens (including phenoxy) is 2. The Morgan fingerprint density at radius 3 is 2.77 bits per heavy atom. The van der Waals surface area contributed by atoms with E-state index in [1.165, 1.54) is 0 Å². The fraction of sp³-hybridized carbons (Fsp3) is 1.00. The lowest BCUT2D eigenvalue weighted by molar-refractivity contribution is -0.0588. The Balaban J connectivity index is 0.000000845. The normalized spacial score (nSPS) is 34.4. The summed E-state index contributed by atoms with van der Waals surface area (Å²) >= 11 is 0. The van der Waals surface area contributed by atoms with Gasteiger partial charge in [0.05, 0.1) is 32.0 Å². The molecular weight excluding hydrogens is 166 g/mol. The molecule has 13 heavy (non-hydrogen) atoms. The molecule has 78 valence electrons. The van der Waals surface area contributed by atoms with Crippen LogP contribution in [0.4, 0.5) is 0 Å². The summed E-state index contributed by atoms with van der Waals surface area (Å²) in [6.07, 6.45) is 0.334. The van der Waals surface area contributed by atoms with E-state index in [4.69, 9.17) is 9.47 Å². The maximum absolute atomic E-state index is 5.62. The molecule has 0 spiro atoms. The highest BCUT2D eigenvalue weighted by atomic mass is 16.6. The van der Waals surface area contributed by atoms with Crippen molar-refractivity contribution in [3.8, 4) is 0 Å². The van der Waals surface area contributed by atoms with Crippen LogP contribution in [0, 0.1) is 0 Å². The van der Waals surface area contributed by atoms with Gasteiger partial charge < -0.3 is 9.47 Å². The van der Waals surface area contributed by atoms with E-state index < -0.39 is 0 Å². The van der Waals surface area contributed by atoms with Gasteiger partial charge in [-0.15, -0.1) is 0 Å². The summed E-state index contributed by atoms with van der Waals surface area (Å²) in [6.45, 7) is 8.03. The van der Waals surface area contributed by atoms with Crippen LogP contribution >= 0.6 is 0 Å². The summed E-state index contributed by atoms with van der Waals surface area (Å²) < 4.78 is 11.0. The average molecular weight is 187 g/mol. The van der Waals surface area contributed by atoms with E-state index in [0.717, 1.165) is 26.4 Å². The Bertz CT molecular complexity index is 161. The quantitative estimate of drug-likeness (QED) is 0.614. The van der Waals surface area contributed by atoms with Gasteiger partial charge in [-0.25, -0.2) is 0 Å². The van der Waals surface area contributed by atoms with Gasteiger partial charge in [0.2, 0.25) is 0 Å². The van der Waals surface area contributed by atoms with Gasteiger partial charge in [0.15, 0.2) is 0 Å². The molecule has 3 nitrogen and oxygen atoms in total. The van der Waals surface area contributed by atoms with Crippen molar-refractivity contribution in [1.29, 1.82) is 0 Å². The van der Waals surface area contributed by atoms with E-state index in [1.54, 1.807) is 0 Å². The Kier molecular flexibility index (Phi) is 3.71. The van der Waals surface area contributed by atoms with Gasteiger partial charge in [-0.2, -0.15) is 0 Å². The number of rotatable bonds is 1. The molecule has 0 aromatic carbocycles. The molecule has 0 radical (unpaired) electrons. The monoisotopic (exact) mass is 187 g/mol. The molecule has 2 fully saturated rings. The van der Waals surface area contributed by atoms with Gasteiger partial charge in [0.1, 0.15) is 0 Å². The number of fused-ring (bicyclic) bond motifs is 1. The standard InChI is InChI=1S/C9H17NO2.CH4/c1-7(2)10-3-4-12-9-6-11-5-8(9)10;/h7-9H,3-6H2,1-2H3;1H4. The molecule has 2 aliphatic heterocycles. The number of hydrogen-bond donors (Lipinski definition) is 0. The predicted octanol–water partition coefficient (Wildman–Crippen LogP) is 1.13. The van der Waals surface area contributed by atoms with Crippen molar-refractivity contribution in [3.05, 3.63) is 0 Å². The maximum Gasteiger partial charge on any atom is 0.0986 e. The smallest absolute Gasteiger partial charge is 0.0986 e. The fourth-order valence-electron chi connectivity index (χ4n) is 2.11. The van der Waals surface area contributed by atoms with Gasteiger partial charge in [-0.05, 0) is 13.8 Å². The van der Waals surface area contributed by atoms with E-state index in [1.807, 2.05) is 0 Å². The van der Waals surface area contributed by atoms with Crippen LogP contribution in [0.1, 0.15) is 21.3 Å². The first-order valence-corrected chi connectivity index (χ1v) is 4.74. The highest BCUT2D eigenvalue weighted by Crippen LogP contribution is 2.22. The number of nitrogens with zero attached hydrogens (tertiary/aromatic N) is 1. The van der Waals surface area contributed by atoms with Crippen molar-refractivity contribution < 1.29 is 9.47 Å². The van der Waals surface area contributed by atoms with E-state index in [9.17, 15) is 0 Å². The molecule has 0 aliphatic carbocycles. The van der Waals surface area contributed by atoms with E-state index in [-0.39, 0.29) is 7.43 Å². The summed E-state index contributed by atoms with van der Waals surface area (Å²) in [4.78, 5) is 2.49. The third-order valence-corrected chi connectivity index (χ3v) is 2.77. The Morgan fingerprint density at radius 1 is 1.31 bits per heavy atom. The minimum Gasteiger partial charge on any atom is -0.377 e. The molecule has 2 heterocycles. The van der Waals surface area contributed by atoms with Crippen LogP contribution < -0.4 is 0 Å². The van der Waals surface area contributed by atoms with Crippen LogP contribution in [0.5, 0.6) is 0 Å². The van der Waals surface area contributed by atoms with Crippen LogP contribution in [0.15, 0.2) is 0 Å². The zero-order valence-electron chi connectivity index (χ0n) is 7.82. The molecule has 2 saturated heterocycles. The highest BCUT2D eigenvalue weighted by Gasteiger charge is 2.37. The van der Waals surface area contributed by atoms with Gasteiger partial charge in [0, 0.05) is 12.6 Å². The first-order chi connectivity index (χ1) is 5.79. The van der Waals surface area contributed by atoms with Crippen LogP contribution in [0.2, 0.25) is 0 Å². The lowest BCUT2D eigenvalue weighted by Gasteiger charge is -2.38. The summed E-state index contributed by atoms with van der Waals surface area (Å²) in [6, 6.07) is 1.13. The largest absolute Gasteiger partial charge is 0.377 e. The summed E-state index contributed by atoms with van der Waals surface area (Å²) in [7, 11) is 0. The first-order valence-electron chi connectivity index (χ1n) is 4.74. The molecule has 0 aromatic heterocycles. The summed E-state index contributed by atoms with van der Waals surface area (Å²) in [5.74, 6) is 0. The van der Waals surface area contributed by atoms with Crippen molar-refractivity contribution >= 4 is 0 Å². The topological polar surface area (TPSA) is 21.7 Å². The lowest BCUT2D eigenvalue weighted by atomic mass is 10.1. The van der Waals surface area contributed by atoms with Crippen LogP contribution in [-0.2, 0) is 9.47 Å². The van der Waals surface area contributed by atoms with Crippen LogP contribution in [0.25, 0.3) is 0 Å². The minimum atomic E-state index is 0. The zero-order valence-corrected chi connectivity index (χ0v) is 7.82. The second-order valence-corrected chi connectivity index (χ2v) is 3.85. The zero-order chi connectivity index (χ0) is 8.55. The van der Waals surface area contributed by atoms with E-state index >= 15 is 0 Å². The molecule has 0 aromatic rings. The van der Waals surface area contributed by atoms with Crippen LogP contribution in [-0.4, -0.2) is 49.5 Å². The van der Waals surface area contributed by atoms with Gasteiger partial charge in [-0.1, -0.05) is 7.43 Å². The summed E-state index contributed by atoms with van der Waals surface area (Å²) in [5, 5.41) is 0. The molecule has 3 heteroatoms. The number of morpholine rings is 1. The second-order valence-electron chi connectivity index (χ2n) is 3.85. The minimum absolute atomic E-state index is 0. The fourth-order valence-corrected chi connectivity index (χ4v) is 2.11. The maximum atomic E-state index is 5.62. The third kappa shape index (κ3) is 2.03. The van der Waals surface area contributed by atoms with E-state index in [2.05, 4.69) is 18.7 Å². The Labute approximate surface area is 81.0 Å². The van der Waals surface area contributed by atoms with Crippen molar-refractivity contribution in [3.63, 3.8) is 0 Å². The molecule has 0 bridgehead atoms. The molecule has 2 aliphatic rings. The first kappa shape index (κ1) is 11.0. The summed E-state index contributed by atoms with van der Waals surface area (Å²) in [5.41, 5.74) is 0. The predicted molar refractivity (Wildman–Crippen MR) is 52.9 cm³/mol. The molecule has 0 N–H and O–H groups in total. The van der Waals surface area contributed by atoms with Crippen molar-refractivity contribution in [2.75, 3.05) is 26.4 Å². The highest BCUT2D eigenvalue weighted by molar-refractivity contribution is 4.89. The molecule has 2 atom stereocenters. The Hall–Kier alpha value is -0.120. The SMILES string of the molecule is C.CC(C)N1CCOC2COCC21. The van der Waals surface area contributed by atoms with Crippen molar-refractivity contribution in [2.45, 2.75) is 39.5 Å². The van der Waals surface area contributed by atoms with Crippen molar-refractivity contribution in [1.82, 2.24) is 4.90 Å². The lowest BCUT2D eigenvalue weighted by Crippen LogP contribution is -2.53. The van der Waals surface area contributed by atoms with Crippen molar-refractivity contribution in [2.24, 2.45) is 0 Å². The molecule has 0 amide bonds. The van der Waals surface area contributed by atoms with Crippen LogP contribution in [0.3, 0.4) is 0 Å². The second kappa shape index (κ2) is 4.40. The molecule has 2 rings (SSSR count). The third-order valence-electron chi connectivity index (χ3n) is 2.77. The van der Waals surface area contributed by atoms with E-state index in [0.29, 0.717) is 18.2 Å². The van der Waals surface area contributed by atoms with Gasteiger partial charge in [0.25, 0.3) is 0 Å².